The van der Waals surface area contributed by atoms with Crippen LogP contribution < -0.4 is 0 Å². The van der Waals surface area contributed by atoms with E-state index in [1.54, 1.807) is 0 Å². The van der Waals surface area contributed by atoms with Crippen molar-refractivity contribution in [2.24, 2.45) is 0 Å². The van der Waals surface area contributed by atoms with E-state index in [0.717, 1.165) is 111 Å². The molecule has 0 unspecified atom stereocenters. The third-order valence-corrected chi connectivity index (χ3v) is 14.9. The topological polar surface area (TPSA) is 53.5 Å². The molecule has 15 rings (SSSR count). The van der Waals surface area contributed by atoms with Gasteiger partial charge in [0, 0.05) is 49.0 Å². The minimum absolute atomic E-state index is 0.522. The van der Waals surface area contributed by atoms with E-state index in [0.29, 0.717) is 17.6 Å². The Bertz CT molecular complexity index is 4510. The minimum atomic E-state index is 0.522. The predicted molar refractivity (Wildman–Crippen MR) is 310 cm³/mol. The van der Waals surface area contributed by atoms with Crippen molar-refractivity contribution in [3.63, 3.8) is 0 Å². The van der Waals surface area contributed by atoms with Crippen LogP contribution in [0.2, 0.25) is 0 Å². The summed E-state index contributed by atoms with van der Waals surface area (Å²) in [4.78, 5) is 16.5. The third-order valence-electron chi connectivity index (χ3n) is 14.9. The van der Waals surface area contributed by atoms with Crippen LogP contribution in [-0.4, -0.2) is 28.7 Å². The lowest BCUT2D eigenvalue weighted by atomic mass is 10.0. The van der Waals surface area contributed by atoms with E-state index in [4.69, 9.17) is 15.0 Å². The Morgan fingerprint density at radius 2 is 0.627 bits per heavy atom. The van der Waals surface area contributed by atoms with Crippen LogP contribution in [0, 0.1) is 0 Å². The lowest BCUT2D eigenvalue weighted by Crippen LogP contribution is -2.08. The molecule has 0 aliphatic rings. The van der Waals surface area contributed by atoms with E-state index in [-0.39, 0.29) is 0 Å². The maximum atomic E-state index is 5.58. The molecule has 0 bridgehead atoms. The highest BCUT2D eigenvalue weighted by Crippen LogP contribution is 2.47. The van der Waals surface area contributed by atoms with Gasteiger partial charge in [-0.2, -0.15) is 9.97 Å². The molecule has 4 heterocycles. The smallest absolute Gasteiger partial charge is 0.238 e. The van der Waals surface area contributed by atoms with Gasteiger partial charge >= 0.3 is 0 Å². The molecule has 0 saturated heterocycles. The predicted octanol–water partition coefficient (Wildman–Crippen LogP) is 17.5. The molecule has 6 nitrogen and oxygen atoms in total. The van der Waals surface area contributed by atoms with Gasteiger partial charge in [0.05, 0.1) is 44.5 Å². The van der Waals surface area contributed by atoms with Gasteiger partial charge in [0.15, 0.2) is 11.6 Å². The van der Waals surface area contributed by atoms with Gasteiger partial charge in [-0.05, 0) is 64.2 Å². The van der Waals surface area contributed by atoms with Crippen LogP contribution in [0.25, 0.3) is 139 Å². The molecule has 0 saturated carbocycles. The van der Waals surface area contributed by atoms with Crippen LogP contribution >= 0.6 is 0 Å². The first kappa shape index (κ1) is 42.5. The normalized spacial score (nSPS) is 11.7. The molecule has 75 heavy (non-hydrogen) atoms. The van der Waals surface area contributed by atoms with Crippen LogP contribution in [0.4, 0.5) is 0 Å². The maximum absolute atomic E-state index is 5.58. The Balaban J connectivity index is 1.10. The molecule has 0 amide bonds. The van der Waals surface area contributed by atoms with Crippen LogP contribution in [0.1, 0.15) is 0 Å². The van der Waals surface area contributed by atoms with Gasteiger partial charge < -0.3 is 9.13 Å². The highest BCUT2D eigenvalue weighted by Gasteiger charge is 2.28. The summed E-state index contributed by atoms with van der Waals surface area (Å²) in [6.07, 6.45) is 0. The summed E-state index contributed by atoms with van der Waals surface area (Å²) in [5.74, 6) is 1.68. The largest absolute Gasteiger partial charge is 0.309 e. The van der Waals surface area contributed by atoms with E-state index in [9.17, 15) is 0 Å². The molecule has 0 fully saturated rings. The molecule has 0 spiro atoms. The number of hydrogen-bond donors (Lipinski definition) is 0. The Labute approximate surface area is 432 Å². The molecule has 11 aromatic carbocycles. The molecule has 0 atom stereocenters. The second-order valence-electron chi connectivity index (χ2n) is 19.1. The van der Waals surface area contributed by atoms with Crippen LogP contribution in [0.15, 0.2) is 267 Å². The van der Waals surface area contributed by atoms with E-state index >= 15 is 0 Å². The number of hydrogen-bond acceptors (Lipinski definition) is 3. The molecular weight excluding hydrogens is 913 g/mol. The first-order valence-electron chi connectivity index (χ1n) is 25.4. The van der Waals surface area contributed by atoms with Crippen LogP contribution in [0.5, 0.6) is 0 Å². The molecule has 0 N–H and O–H groups in total. The molecule has 0 radical (unpaired) electrons. The summed E-state index contributed by atoms with van der Waals surface area (Å²) in [6.45, 7) is 0. The average molecular weight is 957 g/mol. The summed E-state index contributed by atoms with van der Waals surface area (Å²) >= 11 is 0. The van der Waals surface area contributed by atoms with Crippen molar-refractivity contribution in [3.05, 3.63) is 267 Å². The monoisotopic (exact) mass is 956 g/mol. The lowest BCUT2D eigenvalue weighted by Gasteiger charge is -2.17. The molecule has 0 aliphatic carbocycles. The minimum Gasteiger partial charge on any atom is -0.309 e. The fourth-order valence-electron chi connectivity index (χ4n) is 11.5. The Morgan fingerprint density at radius 3 is 1.16 bits per heavy atom. The molecule has 6 heteroatoms. The summed E-state index contributed by atoms with van der Waals surface area (Å²) < 4.78 is 7.27. The fraction of sp³-hybridized carbons (Fsp3) is 0. The standard InChI is InChI=1S/C69H44N6/c1-4-20-45(21-5-1)47-36-40-50(41-37-47)67-70-68(51-42-38-48(39-43-51)46-22-6-2-7-23-46)72-69(71-67)75-62-35-19-14-30-56(62)64-63(73-59-32-16-11-27-53(59)54-28-12-17-33-60(54)73)44-57-55-29-13-18-34-61(55)74(65(57)66(64)75)58-31-15-10-26-52(58)49-24-8-3-9-25-49/h1-44H. The highest BCUT2D eigenvalue weighted by molar-refractivity contribution is 6.27. The number of rotatable bonds is 8. The second-order valence-corrected chi connectivity index (χ2v) is 19.1. The quantitative estimate of drug-likeness (QED) is 0.152. The van der Waals surface area contributed by atoms with Crippen molar-refractivity contribution in [2.75, 3.05) is 0 Å². The Kier molecular flexibility index (Phi) is 9.78. The van der Waals surface area contributed by atoms with Gasteiger partial charge in [-0.25, -0.2) is 4.98 Å². The summed E-state index contributed by atoms with van der Waals surface area (Å²) in [5, 5.41) is 6.84. The summed E-state index contributed by atoms with van der Waals surface area (Å²) in [6, 6.07) is 95.2. The number of nitrogens with zero attached hydrogens (tertiary/aromatic N) is 6. The molecule has 0 aliphatic heterocycles. The van der Waals surface area contributed by atoms with E-state index in [1.165, 1.54) is 10.8 Å². The molecule has 350 valence electrons. The molecule has 4 aromatic heterocycles. The van der Waals surface area contributed by atoms with Crippen LogP contribution in [-0.2, 0) is 0 Å². The van der Waals surface area contributed by atoms with Crippen molar-refractivity contribution in [1.82, 2.24) is 28.7 Å². The fourth-order valence-corrected chi connectivity index (χ4v) is 11.5. The second kappa shape index (κ2) is 17.3. The SMILES string of the molecule is c1ccc(-c2ccc(-c3nc(-c4ccc(-c5ccccc5)cc4)nc(-n4c5ccccc5c5c(-n6c7ccccc7c7ccccc76)cc6c7ccccc7n(-c7ccccc7-c7ccccc7)c6c54)n3)cc2)cc1. The Morgan fingerprint density at radius 1 is 0.240 bits per heavy atom. The Hall–Kier alpha value is -10.2. The van der Waals surface area contributed by atoms with E-state index in [1.807, 2.05) is 12.1 Å². The zero-order valence-corrected chi connectivity index (χ0v) is 40.6. The number of benzene rings is 11. The summed E-state index contributed by atoms with van der Waals surface area (Å²) in [7, 11) is 0. The van der Waals surface area contributed by atoms with Crippen molar-refractivity contribution in [3.8, 4) is 73.5 Å². The van der Waals surface area contributed by atoms with Crippen LogP contribution in [0.3, 0.4) is 0 Å². The van der Waals surface area contributed by atoms with Crippen molar-refractivity contribution in [2.45, 2.75) is 0 Å². The third kappa shape index (κ3) is 6.84. The highest BCUT2D eigenvalue weighted by atomic mass is 15.2. The van der Waals surface area contributed by atoms with Gasteiger partial charge in [0.25, 0.3) is 0 Å². The van der Waals surface area contributed by atoms with Gasteiger partial charge in [-0.3, -0.25) is 4.57 Å². The van der Waals surface area contributed by atoms with E-state index in [2.05, 4.69) is 268 Å². The number of para-hydroxylation sites is 5. The van der Waals surface area contributed by atoms with Gasteiger partial charge in [-0.15, -0.1) is 0 Å². The zero-order valence-electron chi connectivity index (χ0n) is 40.6. The van der Waals surface area contributed by atoms with E-state index < -0.39 is 0 Å². The summed E-state index contributed by atoms with van der Waals surface area (Å²) in [5.41, 5.74) is 17.1. The van der Waals surface area contributed by atoms with Gasteiger partial charge in [-0.1, -0.05) is 231 Å². The first-order chi connectivity index (χ1) is 37.2. The maximum Gasteiger partial charge on any atom is 0.238 e. The zero-order chi connectivity index (χ0) is 49.4. The van der Waals surface area contributed by atoms with Crippen molar-refractivity contribution >= 4 is 65.4 Å². The number of fused-ring (bicyclic) bond motifs is 10. The van der Waals surface area contributed by atoms with Gasteiger partial charge in [0.1, 0.15) is 0 Å². The van der Waals surface area contributed by atoms with Gasteiger partial charge in [0.2, 0.25) is 5.95 Å². The molecular formula is C69H44N6. The average Bonchev–Trinajstić information content (AvgIpc) is 4.16. The lowest BCUT2D eigenvalue weighted by molar-refractivity contribution is 0.953. The first-order valence-corrected chi connectivity index (χ1v) is 25.4. The van der Waals surface area contributed by atoms with Crippen molar-refractivity contribution in [1.29, 1.82) is 0 Å². The van der Waals surface area contributed by atoms with Crippen molar-refractivity contribution < 1.29 is 0 Å². The molecule has 15 aromatic rings. The number of aromatic nitrogens is 6.